The second-order valence-corrected chi connectivity index (χ2v) is 4.93. The molecule has 6 nitrogen and oxygen atoms in total. The molecule has 0 spiro atoms. The molecule has 0 saturated carbocycles. The maximum absolute atomic E-state index is 10.9. The van der Waals surface area contributed by atoms with E-state index in [4.69, 9.17) is 11.5 Å². The van der Waals surface area contributed by atoms with E-state index in [9.17, 15) is 8.42 Å². The van der Waals surface area contributed by atoms with Crippen LogP contribution in [0.5, 0.6) is 0 Å². The average Bonchev–Trinajstić information content (AvgIpc) is 1.93. The van der Waals surface area contributed by atoms with Crippen LogP contribution in [0.4, 0.5) is 0 Å². The number of hydrazone groups is 1. The van der Waals surface area contributed by atoms with Crippen molar-refractivity contribution in [3.63, 3.8) is 0 Å². The largest absolute Gasteiger partial charge is 0.369 e. The van der Waals surface area contributed by atoms with Crippen LogP contribution in [0.3, 0.4) is 0 Å². The molecule has 12 heavy (non-hydrogen) atoms. The van der Waals surface area contributed by atoms with Gasteiger partial charge >= 0.3 is 0 Å². The molecule has 1 fully saturated rings. The number of sulfone groups is 1. The first-order chi connectivity index (χ1) is 5.49. The predicted molar refractivity (Wildman–Crippen MR) is 46.0 cm³/mol. The monoisotopic (exact) mass is 192 g/mol. The molecule has 0 bridgehead atoms. The van der Waals surface area contributed by atoms with Crippen LogP contribution in [-0.4, -0.2) is 44.0 Å². The van der Waals surface area contributed by atoms with E-state index >= 15 is 0 Å². The maximum atomic E-state index is 10.9. The van der Waals surface area contributed by atoms with Gasteiger partial charge in [-0.25, -0.2) is 8.42 Å². The fourth-order valence-electron chi connectivity index (χ4n) is 0.966. The summed E-state index contributed by atoms with van der Waals surface area (Å²) < 4.78 is 21.9. The zero-order valence-electron chi connectivity index (χ0n) is 6.60. The summed E-state index contributed by atoms with van der Waals surface area (Å²) in [7, 11) is -2.84. The predicted octanol–water partition coefficient (Wildman–Crippen LogP) is -2.09. The number of rotatable bonds is 1. The summed E-state index contributed by atoms with van der Waals surface area (Å²) in [5.74, 6) is 0.224. The highest BCUT2D eigenvalue weighted by Gasteiger charge is 2.20. The Morgan fingerprint density at radius 1 is 1.25 bits per heavy atom. The molecule has 0 amide bonds. The lowest BCUT2D eigenvalue weighted by Crippen LogP contribution is -2.39. The number of hydrogen-bond acceptors (Lipinski definition) is 4. The minimum atomic E-state index is -2.84. The van der Waals surface area contributed by atoms with Gasteiger partial charge < -0.3 is 11.5 Å². The minimum Gasteiger partial charge on any atom is -0.369 e. The summed E-state index contributed by atoms with van der Waals surface area (Å²) >= 11 is 0. The van der Waals surface area contributed by atoms with Crippen molar-refractivity contribution in [3.8, 4) is 0 Å². The van der Waals surface area contributed by atoms with Crippen LogP contribution in [0.15, 0.2) is 5.10 Å². The number of guanidine groups is 1. The summed E-state index contributed by atoms with van der Waals surface area (Å²) in [4.78, 5) is 0. The molecule has 4 N–H and O–H groups in total. The molecule has 0 aromatic rings. The lowest BCUT2D eigenvalue weighted by molar-refractivity contribution is 0.311. The third-order valence-electron chi connectivity index (χ3n) is 1.58. The Bertz CT molecular complexity index is 266. The highest BCUT2D eigenvalue weighted by Crippen LogP contribution is 2.02. The van der Waals surface area contributed by atoms with Crippen molar-refractivity contribution in [2.45, 2.75) is 0 Å². The lowest BCUT2D eigenvalue weighted by Gasteiger charge is -2.23. The van der Waals surface area contributed by atoms with Gasteiger partial charge in [-0.1, -0.05) is 0 Å². The average molecular weight is 192 g/mol. The van der Waals surface area contributed by atoms with E-state index in [1.807, 2.05) is 0 Å². The van der Waals surface area contributed by atoms with Gasteiger partial charge in [-0.05, 0) is 0 Å². The fraction of sp³-hybridized carbons (Fsp3) is 0.800. The molecule has 1 saturated heterocycles. The molecular weight excluding hydrogens is 180 g/mol. The molecule has 1 aliphatic heterocycles. The van der Waals surface area contributed by atoms with E-state index in [-0.39, 0.29) is 17.5 Å². The van der Waals surface area contributed by atoms with Crippen molar-refractivity contribution < 1.29 is 8.42 Å². The van der Waals surface area contributed by atoms with Crippen LogP contribution >= 0.6 is 0 Å². The van der Waals surface area contributed by atoms with Gasteiger partial charge in [-0.2, -0.15) is 0 Å². The first-order valence-electron chi connectivity index (χ1n) is 3.54. The van der Waals surface area contributed by atoms with Crippen molar-refractivity contribution in [2.75, 3.05) is 24.6 Å². The van der Waals surface area contributed by atoms with E-state index in [0.717, 1.165) is 0 Å². The zero-order valence-corrected chi connectivity index (χ0v) is 7.42. The Hall–Kier alpha value is -0.980. The zero-order chi connectivity index (χ0) is 9.19. The number of hydrogen-bond donors (Lipinski definition) is 2. The maximum Gasteiger partial charge on any atom is 0.208 e. The molecular formula is C5H12N4O2S. The van der Waals surface area contributed by atoms with Crippen LogP contribution in [0.1, 0.15) is 0 Å². The molecule has 7 heteroatoms. The second-order valence-electron chi connectivity index (χ2n) is 2.63. The minimum absolute atomic E-state index is 0.0331. The Kier molecular flexibility index (Phi) is 2.41. The number of nitrogens with two attached hydrogens (primary N) is 2. The van der Waals surface area contributed by atoms with Crippen molar-refractivity contribution in [1.82, 2.24) is 5.01 Å². The van der Waals surface area contributed by atoms with Crippen molar-refractivity contribution in [2.24, 2.45) is 16.6 Å². The smallest absolute Gasteiger partial charge is 0.208 e. The summed E-state index contributed by atoms with van der Waals surface area (Å²) in [5.41, 5.74) is 10.3. The highest BCUT2D eigenvalue weighted by atomic mass is 32.2. The summed E-state index contributed by atoms with van der Waals surface area (Å²) in [6.07, 6.45) is 0. The molecule has 1 rings (SSSR count). The Labute approximate surface area is 71.1 Å². The van der Waals surface area contributed by atoms with Crippen LogP contribution in [-0.2, 0) is 9.84 Å². The molecule has 1 heterocycles. The van der Waals surface area contributed by atoms with Crippen molar-refractivity contribution in [3.05, 3.63) is 0 Å². The van der Waals surface area contributed by atoms with Crippen molar-refractivity contribution in [1.29, 1.82) is 0 Å². The molecule has 0 atom stereocenters. The second kappa shape index (κ2) is 3.18. The standard InChI is InChI=1S/C5H12N4O2S/c6-5(7)8-9-1-3-12(10,11)4-2-9/h1-4H2,(H4,6,7,8). The van der Waals surface area contributed by atoms with E-state index in [0.29, 0.717) is 13.1 Å². The Morgan fingerprint density at radius 2 is 1.75 bits per heavy atom. The molecule has 0 aromatic heterocycles. The normalized spacial score (nSPS) is 21.8. The topological polar surface area (TPSA) is 102 Å². The van der Waals surface area contributed by atoms with Gasteiger partial charge in [0.15, 0.2) is 9.84 Å². The van der Waals surface area contributed by atoms with Crippen molar-refractivity contribution >= 4 is 15.8 Å². The van der Waals surface area contributed by atoms with Gasteiger partial charge in [0.2, 0.25) is 5.96 Å². The van der Waals surface area contributed by atoms with Gasteiger partial charge in [-0.3, -0.25) is 5.01 Å². The third kappa shape index (κ3) is 2.57. The molecule has 0 radical (unpaired) electrons. The summed E-state index contributed by atoms with van der Waals surface area (Å²) in [6.45, 7) is 0.750. The van der Waals surface area contributed by atoms with E-state index in [2.05, 4.69) is 5.10 Å². The SMILES string of the molecule is NC(N)=NN1CCS(=O)(=O)CC1. The quantitative estimate of drug-likeness (QED) is 0.366. The Balaban J connectivity index is 2.53. The lowest BCUT2D eigenvalue weighted by atomic mass is 10.6. The van der Waals surface area contributed by atoms with Gasteiger partial charge in [0.25, 0.3) is 0 Å². The van der Waals surface area contributed by atoms with Gasteiger partial charge in [0.1, 0.15) is 0 Å². The molecule has 0 aliphatic carbocycles. The van der Waals surface area contributed by atoms with E-state index < -0.39 is 9.84 Å². The van der Waals surface area contributed by atoms with Crippen LogP contribution < -0.4 is 11.5 Å². The summed E-state index contributed by atoms with van der Waals surface area (Å²) in [6, 6.07) is 0. The molecule has 0 aromatic carbocycles. The van der Waals surface area contributed by atoms with Gasteiger partial charge in [-0.15, -0.1) is 5.10 Å². The Morgan fingerprint density at radius 3 is 2.17 bits per heavy atom. The molecule has 0 unspecified atom stereocenters. The van der Waals surface area contributed by atoms with Crippen LogP contribution in [0.2, 0.25) is 0 Å². The van der Waals surface area contributed by atoms with Crippen LogP contribution in [0, 0.1) is 0 Å². The van der Waals surface area contributed by atoms with Crippen LogP contribution in [0.25, 0.3) is 0 Å². The first kappa shape index (κ1) is 9.11. The summed E-state index contributed by atoms with van der Waals surface area (Å²) in [5, 5.41) is 5.31. The first-order valence-corrected chi connectivity index (χ1v) is 5.37. The number of nitrogens with zero attached hydrogens (tertiary/aromatic N) is 2. The highest BCUT2D eigenvalue weighted by molar-refractivity contribution is 7.91. The van der Waals surface area contributed by atoms with E-state index in [1.54, 1.807) is 5.01 Å². The van der Waals surface area contributed by atoms with E-state index in [1.165, 1.54) is 0 Å². The molecule has 1 aliphatic rings. The van der Waals surface area contributed by atoms with Gasteiger partial charge in [0.05, 0.1) is 24.6 Å². The molecule has 70 valence electrons. The van der Waals surface area contributed by atoms with Gasteiger partial charge in [0, 0.05) is 0 Å². The third-order valence-corrected chi connectivity index (χ3v) is 3.19. The fourth-order valence-corrected chi connectivity index (χ4v) is 2.15.